The predicted octanol–water partition coefficient (Wildman–Crippen LogP) is 3.47. The number of amides is 1. The fourth-order valence-corrected chi connectivity index (χ4v) is 2.35. The second kappa shape index (κ2) is 8.88. The molecule has 0 aliphatic rings. The number of thiocarbonyl (C=S) groups is 1. The number of nitrogens with one attached hydrogen (secondary N) is 2. The van der Waals surface area contributed by atoms with Gasteiger partial charge in [0.2, 0.25) is 5.91 Å². The van der Waals surface area contributed by atoms with Crippen molar-refractivity contribution in [2.24, 2.45) is 0 Å². The number of halogens is 1. The molecule has 0 saturated heterocycles. The Balaban J connectivity index is 2.01. The van der Waals surface area contributed by atoms with Crippen LogP contribution in [0.3, 0.4) is 0 Å². The minimum Gasteiger partial charge on any atom is -0.478 e. The lowest BCUT2D eigenvalue weighted by molar-refractivity contribution is -0.384. The van der Waals surface area contributed by atoms with Crippen molar-refractivity contribution >= 4 is 58.3 Å². The van der Waals surface area contributed by atoms with Gasteiger partial charge < -0.3 is 10.4 Å². The van der Waals surface area contributed by atoms with Crippen LogP contribution >= 0.6 is 23.8 Å². The van der Waals surface area contributed by atoms with Crippen LogP contribution in [0.5, 0.6) is 0 Å². The van der Waals surface area contributed by atoms with Gasteiger partial charge in [0.25, 0.3) is 5.69 Å². The highest BCUT2D eigenvalue weighted by atomic mass is 35.5. The summed E-state index contributed by atoms with van der Waals surface area (Å²) in [4.78, 5) is 33.1. The van der Waals surface area contributed by atoms with E-state index in [1.165, 1.54) is 42.5 Å². The molecule has 0 aliphatic carbocycles. The minimum absolute atomic E-state index is 0.00148. The molecule has 0 saturated carbocycles. The smallest absolute Gasteiger partial charge is 0.335 e. The number of aromatic carboxylic acids is 1. The van der Waals surface area contributed by atoms with Crippen LogP contribution < -0.4 is 10.6 Å². The van der Waals surface area contributed by atoms with Crippen molar-refractivity contribution in [3.8, 4) is 0 Å². The van der Waals surface area contributed by atoms with Gasteiger partial charge in [-0.05, 0) is 42.1 Å². The van der Waals surface area contributed by atoms with Crippen molar-refractivity contribution in [1.82, 2.24) is 5.32 Å². The Hall–Kier alpha value is -3.30. The molecule has 0 spiro atoms. The van der Waals surface area contributed by atoms with Gasteiger partial charge in [-0.2, -0.15) is 0 Å². The highest BCUT2D eigenvalue weighted by molar-refractivity contribution is 7.80. The number of nitro groups is 1. The summed E-state index contributed by atoms with van der Waals surface area (Å²) in [6.07, 6.45) is 2.55. The highest BCUT2D eigenvalue weighted by Crippen LogP contribution is 2.23. The average molecular weight is 406 g/mol. The van der Waals surface area contributed by atoms with Crippen LogP contribution in [-0.4, -0.2) is 27.0 Å². The summed E-state index contributed by atoms with van der Waals surface area (Å²) in [7, 11) is 0. The largest absolute Gasteiger partial charge is 0.478 e. The van der Waals surface area contributed by atoms with E-state index in [9.17, 15) is 19.7 Å². The van der Waals surface area contributed by atoms with Crippen molar-refractivity contribution in [3.63, 3.8) is 0 Å². The topological polar surface area (TPSA) is 122 Å². The second-order valence-corrected chi connectivity index (χ2v) is 5.94. The lowest BCUT2D eigenvalue weighted by atomic mass is 10.2. The van der Waals surface area contributed by atoms with E-state index in [0.717, 1.165) is 6.08 Å². The molecule has 0 radical (unpaired) electrons. The maximum atomic E-state index is 11.9. The first-order valence-electron chi connectivity index (χ1n) is 7.33. The van der Waals surface area contributed by atoms with Crippen molar-refractivity contribution in [3.05, 3.63) is 74.8 Å². The third kappa shape index (κ3) is 5.87. The number of non-ortho nitro benzene ring substituents is 1. The summed E-state index contributed by atoms with van der Waals surface area (Å²) >= 11 is 11.0. The number of carboxylic acids is 1. The normalized spacial score (nSPS) is 10.4. The minimum atomic E-state index is -1.13. The first-order chi connectivity index (χ1) is 12.8. The molecule has 0 aliphatic heterocycles. The Morgan fingerprint density at radius 3 is 2.63 bits per heavy atom. The molecule has 2 aromatic rings. The molecule has 3 N–H and O–H groups in total. The Morgan fingerprint density at radius 1 is 1.22 bits per heavy atom. The number of carbonyl (C=O) groups is 2. The van der Waals surface area contributed by atoms with Gasteiger partial charge in [-0.15, -0.1) is 0 Å². The predicted molar refractivity (Wildman–Crippen MR) is 105 cm³/mol. The number of benzene rings is 2. The molecule has 0 unspecified atom stereocenters. The summed E-state index contributed by atoms with van der Waals surface area (Å²) < 4.78 is 0. The molecule has 8 nitrogen and oxygen atoms in total. The Morgan fingerprint density at radius 2 is 1.96 bits per heavy atom. The molecular weight excluding hydrogens is 394 g/mol. The summed E-state index contributed by atoms with van der Waals surface area (Å²) in [5.41, 5.74) is 0.601. The highest BCUT2D eigenvalue weighted by Gasteiger charge is 2.10. The van der Waals surface area contributed by atoms with Gasteiger partial charge in [-0.1, -0.05) is 23.7 Å². The quantitative estimate of drug-likeness (QED) is 0.301. The molecule has 1 amide bonds. The van der Waals surface area contributed by atoms with Gasteiger partial charge >= 0.3 is 5.97 Å². The Labute approximate surface area is 163 Å². The zero-order valence-electron chi connectivity index (χ0n) is 13.5. The number of nitro benzene ring substituents is 1. The van der Waals surface area contributed by atoms with Crippen molar-refractivity contribution in [1.29, 1.82) is 0 Å². The van der Waals surface area contributed by atoms with Gasteiger partial charge in [-0.3, -0.25) is 20.2 Å². The molecule has 138 valence electrons. The standard InChI is InChI=1S/C17H12ClN3O5S/c18-13-6-5-11(16(23)24)9-14(13)19-17(27)20-15(22)7-4-10-2-1-3-12(8-10)21(25)26/h1-9H,(H,23,24)(H2,19,20,22,27)/b7-4+. The van der Waals surface area contributed by atoms with Crippen molar-refractivity contribution < 1.29 is 19.6 Å². The zero-order chi connectivity index (χ0) is 20.0. The first kappa shape index (κ1) is 20.0. The van der Waals surface area contributed by atoms with E-state index in [-0.39, 0.29) is 27.1 Å². The number of rotatable bonds is 5. The van der Waals surface area contributed by atoms with Crippen LogP contribution in [0.25, 0.3) is 6.08 Å². The van der Waals surface area contributed by atoms with Crippen LogP contribution in [0.2, 0.25) is 5.02 Å². The van der Waals surface area contributed by atoms with E-state index >= 15 is 0 Å². The van der Waals surface area contributed by atoms with E-state index < -0.39 is 16.8 Å². The van der Waals surface area contributed by atoms with Gasteiger partial charge in [0.1, 0.15) is 0 Å². The molecule has 0 fully saturated rings. The first-order valence-corrected chi connectivity index (χ1v) is 8.12. The number of nitrogens with zero attached hydrogens (tertiary/aromatic N) is 1. The van der Waals surface area contributed by atoms with E-state index in [1.807, 2.05) is 0 Å². The number of carboxylic acid groups (broad SMARTS) is 1. The maximum absolute atomic E-state index is 11.9. The second-order valence-electron chi connectivity index (χ2n) is 5.13. The number of carbonyl (C=O) groups excluding carboxylic acids is 1. The van der Waals surface area contributed by atoms with Crippen LogP contribution in [0, 0.1) is 10.1 Å². The molecule has 0 atom stereocenters. The molecule has 27 heavy (non-hydrogen) atoms. The fraction of sp³-hybridized carbons (Fsp3) is 0. The third-order valence-electron chi connectivity index (χ3n) is 3.21. The van der Waals surface area contributed by atoms with Crippen molar-refractivity contribution in [2.45, 2.75) is 0 Å². The third-order valence-corrected chi connectivity index (χ3v) is 3.74. The zero-order valence-corrected chi connectivity index (χ0v) is 15.1. The summed E-state index contributed by atoms with van der Waals surface area (Å²) in [5.74, 6) is -1.71. The lowest BCUT2D eigenvalue weighted by Gasteiger charge is -2.10. The summed E-state index contributed by atoms with van der Waals surface area (Å²) in [5, 5.41) is 24.9. The van der Waals surface area contributed by atoms with Crippen LogP contribution in [0.1, 0.15) is 15.9 Å². The molecule has 2 aromatic carbocycles. The summed E-state index contributed by atoms with van der Waals surface area (Å²) in [6, 6.07) is 9.76. The number of hydrogen-bond acceptors (Lipinski definition) is 5. The monoisotopic (exact) mass is 405 g/mol. The maximum Gasteiger partial charge on any atom is 0.335 e. The van der Waals surface area contributed by atoms with Crippen LogP contribution in [0.15, 0.2) is 48.5 Å². The molecule has 0 aromatic heterocycles. The van der Waals surface area contributed by atoms with Crippen LogP contribution in [-0.2, 0) is 4.79 Å². The van der Waals surface area contributed by atoms with E-state index in [2.05, 4.69) is 10.6 Å². The average Bonchev–Trinajstić information content (AvgIpc) is 2.61. The molecular formula is C17H12ClN3O5S. The Bertz CT molecular complexity index is 961. The number of anilines is 1. The molecule has 10 heteroatoms. The van der Waals surface area contributed by atoms with Crippen LogP contribution in [0.4, 0.5) is 11.4 Å². The molecule has 0 heterocycles. The van der Waals surface area contributed by atoms with E-state index in [0.29, 0.717) is 5.56 Å². The Kier molecular flexibility index (Phi) is 6.58. The van der Waals surface area contributed by atoms with Gasteiger partial charge in [0.15, 0.2) is 5.11 Å². The lowest BCUT2D eigenvalue weighted by Crippen LogP contribution is -2.33. The van der Waals surface area contributed by atoms with E-state index in [1.54, 1.807) is 6.07 Å². The fourth-order valence-electron chi connectivity index (χ4n) is 1.98. The van der Waals surface area contributed by atoms with E-state index in [4.69, 9.17) is 28.9 Å². The number of hydrogen-bond donors (Lipinski definition) is 3. The van der Waals surface area contributed by atoms with Gasteiger partial charge in [-0.25, -0.2) is 4.79 Å². The molecule has 2 rings (SSSR count). The molecule has 0 bridgehead atoms. The SMILES string of the molecule is O=C(/C=C/c1cccc([N+](=O)[O-])c1)NC(=S)Nc1cc(C(=O)O)ccc1Cl. The summed E-state index contributed by atoms with van der Waals surface area (Å²) in [6.45, 7) is 0. The van der Waals surface area contributed by atoms with Crippen molar-refractivity contribution in [2.75, 3.05) is 5.32 Å². The van der Waals surface area contributed by atoms with Gasteiger partial charge in [0.05, 0.1) is 21.2 Å². The van der Waals surface area contributed by atoms with Gasteiger partial charge in [0, 0.05) is 18.2 Å².